The minimum Gasteiger partial charge on any atom is -0.374 e. The average molecular weight is 244 g/mol. The van der Waals surface area contributed by atoms with Crippen molar-refractivity contribution in [3.8, 4) is 0 Å². The molecule has 5 heteroatoms. The summed E-state index contributed by atoms with van der Waals surface area (Å²) in [5.41, 5.74) is 4.10. The third kappa shape index (κ3) is 2.22. The Hall–Kier alpha value is -1.88. The second kappa shape index (κ2) is 4.78. The Balaban J connectivity index is 1.60. The molecular weight excluding hydrogens is 228 g/mol. The summed E-state index contributed by atoms with van der Waals surface area (Å²) >= 11 is 0. The first-order valence-electron chi connectivity index (χ1n) is 6.12. The highest BCUT2D eigenvalue weighted by Gasteiger charge is 2.15. The molecule has 0 spiro atoms. The van der Waals surface area contributed by atoms with Crippen molar-refractivity contribution in [2.75, 3.05) is 18.5 Å². The van der Waals surface area contributed by atoms with Crippen LogP contribution in [-0.4, -0.2) is 23.7 Å². The van der Waals surface area contributed by atoms with Gasteiger partial charge in [0, 0.05) is 25.8 Å². The zero-order chi connectivity index (χ0) is 12.4. The third-order valence-corrected chi connectivity index (χ3v) is 3.29. The number of fused-ring (bicyclic) bond motifs is 1. The van der Waals surface area contributed by atoms with Crippen molar-refractivity contribution in [3.63, 3.8) is 0 Å². The number of aromatic nitrogens is 2. The van der Waals surface area contributed by atoms with Crippen molar-refractivity contribution in [3.05, 3.63) is 41.5 Å². The van der Waals surface area contributed by atoms with Gasteiger partial charge in [0.2, 0.25) is 6.39 Å². The zero-order valence-corrected chi connectivity index (χ0v) is 10.4. The fraction of sp³-hybridized carbons (Fsp3) is 0.385. The van der Waals surface area contributed by atoms with Crippen molar-refractivity contribution in [1.29, 1.82) is 0 Å². The van der Waals surface area contributed by atoms with Crippen LogP contribution in [0.3, 0.4) is 0 Å². The second-order valence-electron chi connectivity index (χ2n) is 4.59. The van der Waals surface area contributed by atoms with E-state index in [0.717, 1.165) is 19.5 Å². The minimum atomic E-state index is 0.632. The van der Waals surface area contributed by atoms with Crippen LogP contribution >= 0.6 is 0 Å². The summed E-state index contributed by atoms with van der Waals surface area (Å²) in [6, 6.07) is 6.65. The maximum atomic E-state index is 4.68. The lowest BCUT2D eigenvalue weighted by molar-refractivity contribution is 0.407. The standard InChI is InChI=1S/C13H16N4O/c1-17-5-4-11-6-10(2-3-12(11)17)7-14-8-13-15-9-18-16-13/h2-3,6,9,14H,4-5,7-8H2,1H3. The van der Waals surface area contributed by atoms with E-state index in [1.165, 1.54) is 23.2 Å². The fourth-order valence-corrected chi connectivity index (χ4v) is 2.32. The average Bonchev–Trinajstić information content (AvgIpc) is 3.00. The van der Waals surface area contributed by atoms with Crippen molar-refractivity contribution < 1.29 is 4.52 Å². The van der Waals surface area contributed by atoms with Crippen LogP contribution in [0.1, 0.15) is 17.0 Å². The summed E-state index contributed by atoms with van der Waals surface area (Å²) in [6.45, 7) is 2.58. The van der Waals surface area contributed by atoms with E-state index < -0.39 is 0 Å². The van der Waals surface area contributed by atoms with Gasteiger partial charge in [0.05, 0.1) is 6.54 Å². The van der Waals surface area contributed by atoms with E-state index >= 15 is 0 Å². The minimum absolute atomic E-state index is 0.632. The van der Waals surface area contributed by atoms with Gasteiger partial charge >= 0.3 is 0 Å². The molecule has 1 N–H and O–H groups in total. The van der Waals surface area contributed by atoms with Crippen molar-refractivity contribution in [2.45, 2.75) is 19.5 Å². The zero-order valence-electron chi connectivity index (χ0n) is 10.4. The molecule has 0 atom stereocenters. The summed E-state index contributed by atoms with van der Waals surface area (Å²) in [4.78, 5) is 6.27. The van der Waals surface area contributed by atoms with Gasteiger partial charge < -0.3 is 14.7 Å². The normalized spacial score (nSPS) is 13.9. The van der Waals surface area contributed by atoms with Gasteiger partial charge in [-0.25, -0.2) is 0 Å². The van der Waals surface area contributed by atoms with E-state index in [9.17, 15) is 0 Å². The molecule has 1 aliphatic rings. The van der Waals surface area contributed by atoms with Crippen LogP contribution in [0.15, 0.2) is 29.1 Å². The van der Waals surface area contributed by atoms with E-state index in [0.29, 0.717) is 12.4 Å². The Morgan fingerprint density at radius 2 is 2.33 bits per heavy atom. The van der Waals surface area contributed by atoms with Crippen LogP contribution in [0.25, 0.3) is 0 Å². The molecule has 1 aromatic carbocycles. The van der Waals surface area contributed by atoms with Crippen molar-refractivity contribution in [1.82, 2.24) is 15.5 Å². The highest BCUT2D eigenvalue weighted by atomic mass is 16.5. The Kier molecular flexibility index (Phi) is 2.98. The van der Waals surface area contributed by atoms with Crippen LogP contribution in [0.4, 0.5) is 5.69 Å². The van der Waals surface area contributed by atoms with Gasteiger partial charge in [0.1, 0.15) is 0 Å². The number of hydrogen-bond donors (Lipinski definition) is 1. The van der Waals surface area contributed by atoms with Crippen molar-refractivity contribution in [2.24, 2.45) is 0 Å². The van der Waals surface area contributed by atoms with Gasteiger partial charge in [-0.3, -0.25) is 0 Å². The Morgan fingerprint density at radius 1 is 1.39 bits per heavy atom. The van der Waals surface area contributed by atoms with Gasteiger partial charge in [0.15, 0.2) is 5.82 Å². The first kappa shape index (κ1) is 11.2. The highest BCUT2D eigenvalue weighted by molar-refractivity contribution is 5.58. The SMILES string of the molecule is CN1CCc2cc(CNCc3ncon3)ccc21. The van der Waals surface area contributed by atoms with E-state index in [2.05, 4.69) is 50.1 Å². The maximum Gasteiger partial charge on any atom is 0.213 e. The smallest absolute Gasteiger partial charge is 0.213 e. The molecule has 0 fully saturated rings. The summed E-state index contributed by atoms with van der Waals surface area (Å²) < 4.78 is 4.68. The van der Waals surface area contributed by atoms with Gasteiger partial charge in [-0.1, -0.05) is 17.3 Å². The topological polar surface area (TPSA) is 54.2 Å². The number of rotatable bonds is 4. The number of anilines is 1. The molecule has 1 aliphatic heterocycles. The molecule has 0 amide bonds. The fourth-order valence-electron chi connectivity index (χ4n) is 2.32. The first-order chi connectivity index (χ1) is 8.83. The molecule has 2 aromatic rings. The number of benzene rings is 1. The molecule has 94 valence electrons. The van der Waals surface area contributed by atoms with Crippen LogP contribution in [-0.2, 0) is 19.5 Å². The number of nitrogens with zero attached hydrogens (tertiary/aromatic N) is 3. The second-order valence-corrected chi connectivity index (χ2v) is 4.59. The summed E-state index contributed by atoms with van der Waals surface area (Å²) in [5.74, 6) is 0.691. The lowest BCUT2D eigenvalue weighted by Gasteiger charge is -2.12. The number of likely N-dealkylation sites (N-methyl/N-ethyl adjacent to an activating group) is 1. The molecule has 0 saturated heterocycles. The number of hydrogen-bond acceptors (Lipinski definition) is 5. The van der Waals surface area contributed by atoms with E-state index in [4.69, 9.17) is 0 Å². The Labute approximate surface area is 106 Å². The lowest BCUT2D eigenvalue weighted by atomic mass is 10.1. The van der Waals surface area contributed by atoms with Gasteiger partial charge in [-0.05, 0) is 23.6 Å². The maximum absolute atomic E-state index is 4.68. The predicted octanol–water partition coefficient (Wildman–Crippen LogP) is 1.35. The molecule has 0 bridgehead atoms. The molecule has 2 heterocycles. The highest BCUT2D eigenvalue weighted by Crippen LogP contribution is 2.27. The van der Waals surface area contributed by atoms with E-state index in [1.54, 1.807) is 0 Å². The molecule has 0 saturated carbocycles. The monoisotopic (exact) mass is 244 g/mol. The molecule has 0 radical (unpaired) electrons. The summed E-state index contributed by atoms with van der Waals surface area (Å²) in [7, 11) is 2.14. The number of nitrogens with one attached hydrogen (secondary N) is 1. The summed E-state index contributed by atoms with van der Waals surface area (Å²) in [6.07, 6.45) is 2.49. The van der Waals surface area contributed by atoms with Crippen molar-refractivity contribution >= 4 is 5.69 Å². The molecule has 0 aliphatic carbocycles. The molecular formula is C13H16N4O. The van der Waals surface area contributed by atoms with Crippen LogP contribution in [0, 0.1) is 0 Å². The molecule has 3 rings (SSSR count). The van der Waals surface area contributed by atoms with Gasteiger partial charge in [-0.2, -0.15) is 4.98 Å². The Morgan fingerprint density at radius 3 is 3.17 bits per heavy atom. The van der Waals surface area contributed by atoms with Crippen LogP contribution in [0.5, 0.6) is 0 Å². The quantitative estimate of drug-likeness (QED) is 0.880. The predicted molar refractivity (Wildman–Crippen MR) is 68.3 cm³/mol. The third-order valence-electron chi connectivity index (χ3n) is 3.29. The molecule has 1 aromatic heterocycles. The lowest BCUT2D eigenvalue weighted by Crippen LogP contribution is -2.14. The summed E-state index contributed by atoms with van der Waals surface area (Å²) in [5, 5.41) is 7.07. The first-order valence-corrected chi connectivity index (χ1v) is 6.12. The molecule has 5 nitrogen and oxygen atoms in total. The van der Waals surface area contributed by atoms with Crippen LogP contribution in [0.2, 0.25) is 0 Å². The molecule has 0 unspecified atom stereocenters. The van der Waals surface area contributed by atoms with E-state index in [1.807, 2.05) is 0 Å². The van der Waals surface area contributed by atoms with Gasteiger partial charge in [0.25, 0.3) is 0 Å². The van der Waals surface area contributed by atoms with Crippen LogP contribution < -0.4 is 10.2 Å². The van der Waals surface area contributed by atoms with Gasteiger partial charge in [-0.15, -0.1) is 0 Å². The largest absolute Gasteiger partial charge is 0.374 e. The molecule has 18 heavy (non-hydrogen) atoms. The van der Waals surface area contributed by atoms with E-state index in [-0.39, 0.29) is 0 Å². The Bertz CT molecular complexity index is 524.